The predicted molar refractivity (Wildman–Crippen MR) is 153 cm³/mol. The van der Waals surface area contributed by atoms with Crippen LogP contribution in [-0.2, 0) is 0 Å². The summed E-state index contributed by atoms with van der Waals surface area (Å²) in [4.78, 5) is 29.1. The summed E-state index contributed by atoms with van der Waals surface area (Å²) in [6.45, 7) is 0. The molecular formula is C34H21N3O4. The Hall–Kier alpha value is -6.18. The van der Waals surface area contributed by atoms with Gasteiger partial charge in [0, 0.05) is 11.4 Å². The Labute approximate surface area is 236 Å². The van der Waals surface area contributed by atoms with Crippen LogP contribution in [-0.4, -0.2) is 11.9 Å². The van der Waals surface area contributed by atoms with E-state index in [1.165, 1.54) is 24.3 Å². The SMILES string of the molecule is N#Cc1ccc(OC(=O)c2cccc(C(=O)Oc3ccc(C#N)cc3)c2N(c2ccccc2)c2ccccc2)cc1. The first-order valence-corrected chi connectivity index (χ1v) is 12.6. The van der Waals surface area contributed by atoms with E-state index in [4.69, 9.17) is 20.0 Å². The summed E-state index contributed by atoms with van der Waals surface area (Å²) in [6, 6.07) is 39.8. The Morgan fingerprint density at radius 2 is 0.902 bits per heavy atom. The summed E-state index contributed by atoms with van der Waals surface area (Å²) in [7, 11) is 0. The first-order valence-electron chi connectivity index (χ1n) is 12.6. The Morgan fingerprint density at radius 1 is 0.512 bits per heavy atom. The number of carbonyl (C=O) groups excluding carboxylic acids is 2. The van der Waals surface area contributed by atoms with Crippen molar-refractivity contribution >= 4 is 29.0 Å². The summed E-state index contributed by atoms with van der Waals surface area (Å²) in [5.41, 5.74) is 2.76. The molecule has 0 saturated carbocycles. The number of nitriles is 2. The number of nitrogens with zero attached hydrogens (tertiary/aromatic N) is 3. The van der Waals surface area contributed by atoms with Crippen LogP contribution < -0.4 is 14.4 Å². The highest BCUT2D eigenvalue weighted by Gasteiger charge is 2.28. The van der Waals surface area contributed by atoms with Crippen LogP contribution in [0.5, 0.6) is 11.5 Å². The van der Waals surface area contributed by atoms with Crippen molar-refractivity contribution in [2.24, 2.45) is 0 Å². The van der Waals surface area contributed by atoms with E-state index in [1.54, 1.807) is 47.4 Å². The lowest BCUT2D eigenvalue weighted by Gasteiger charge is -2.28. The fraction of sp³-hybridized carbons (Fsp3) is 0. The van der Waals surface area contributed by atoms with E-state index in [0.717, 1.165) is 0 Å². The van der Waals surface area contributed by atoms with E-state index in [1.807, 2.05) is 72.8 Å². The molecule has 0 aromatic heterocycles. The largest absolute Gasteiger partial charge is 0.423 e. The number of hydrogen-bond acceptors (Lipinski definition) is 7. The van der Waals surface area contributed by atoms with Crippen LogP contribution in [0.3, 0.4) is 0 Å². The van der Waals surface area contributed by atoms with Crippen LogP contribution in [0.2, 0.25) is 0 Å². The van der Waals surface area contributed by atoms with Crippen molar-refractivity contribution in [1.29, 1.82) is 10.5 Å². The van der Waals surface area contributed by atoms with E-state index in [9.17, 15) is 9.59 Å². The summed E-state index contributed by atoms with van der Waals surface area (Å²) in [5, 5.41) is 18.2. The predicted octanol–water partition coefficient (Wildman–Crippen LogP) is 7.34. The third-order valence-electron chi connectivity index (χ3n) is 6.12. The molecule has 5 aromatic rings. The molecule has 0 radical (unpaired) electrons. The molecule has 7 heteroatoms. The standard InChI is InChI=1S/C34H21N3O4/c35-22-24-14-18-28(19-15-24)40-33(38)30-12-7-13-31(34(39)41-29-20-16-25(23-36)17-21-29)32(30)37(26-8-3-1-4-9-26)27-10-5-2-6-11-27/h1-21H. The monoisotopic (exact) mass is 535 g/mol. The molecule has 0 aliphatic heterocycles. The minimum absolute atomic E-state index is 0.122. The number of benzene rings is 5. The molecule has 0 saturated heterocycles. The van der Waals surface area contributed by atoms with Crippen LogP contribution >= 0.6 is 0 Å². The molecule has 0 spiro atoms. The van der Waals surface area contributed by atoms with Crippen molar-refractivity contribution in [3.63, 3.8) is 0 Å². The molecule has 5 aromatic carbocycles. The minimum Gasteiger partial charge on any atom is -0.423 e. The molecule has 0 aliphatic carbocycles. The van der Waals surface area contributed by atoms with E-state index in [0.29, 0.717) is 22.5 Å². The van der Waals surface area contributed by atoms with Crippen LogP contribution in [0.4, 0.5) is 17.1 Å². The summed E-state index contributed by atoms with van der Waals surface area (Å²) in [5.74, 6) is -0.905. The molecule has 0 bridgehead atoms. The number of ether oxygens (including phenoxy) is 2. The number of rotatable bonds is 7. The quantitative estimate of drug-likeness (QED) is 0.159. The lowest BCUT2D eigenvalue weighted by Crippen LogP contribution is -2.22. The number of anilines is 3. The maximum absolute atomic E-state index is 13.7. The first kappa shape index (κ1) is 26.4. The van der Waals surface area contributed by atoms with Gasteiger partial charge >= 0.3 is 11.9 Å². The third-order valence-corrected chi connectivity index (χ3v) is 6.12. The second-order valence-corrected chi connectivity index (χ2v) is 8.76. The molecule has 0 heterocycles. The third kappa shape index (κ3) is 5.96. The van der Waals surface area contributed by atoms with E-state index >= 15 is 0 Å². The van der Waals surface area contributed by atoms with Crippen molar-refractivity contribution in [1.82, 2.24) is 0 Å². The number of carbonyl (C=O) groups is 2. The fourth-order valence-electron chi connectivity index (χ4n) is 4.19. The second kappa shape index (κ2) is 12.1. The van der Waals surface area contributed by atoms with Crippen LogP contribution in [0.15, 0.2) is 127 Å². The Bertz CT molecular complexity index is 1640. The molecule has 0 N–H and O–H groups in total. The Kier molecular flexibility index (Phi) is 7.81. The average molecular weight is 536 g/mol. The molecule has 7 nitrogen and oxygen atoms in total. The van der Waals surface area contributed by atoms with Crippen LogP contribution in [0.25, 0.3) is 0 Å². The molecule has 0 atom stereocenters. The van der Waals surface area contributed by atoms with Gasteiger partial charge in [-0.15, -0.1) is 0 Å². The average Bonchev–Trinajstić information content (AvgIpc) is 3.03. The number of para-hydroxylation sites is 3. The zero-order valence-corrected chi connectivity index (χ0v) is 21.6. The van der Waals surface area contributed by atoms with Crippen molar-refractivity contribution in [3.05, 3.63) is 150 Å². The van der Waals surface area contributed by atoms with Gasteiger partial charge in [-0.05, 0) is 84.9 Å². The topological polar surface area (TPSA) is 103 Å². The fourth-order valence-corrected chi connectivity index (χ4v) is 4.19. The highest BCUT2D eigenvalue weighted by Crippen LogP contribution is 2.39. The van der Waals surface area contributed by atoms with Crippen molar-refractivity contribution in [3.8, 4) is 23.6 Å². The molecule has 0 fully saturated rings. The van der Waals surface area contributed by atoms with Gasteiger partial charge in [-0.3, -0.25) is 0 Å². The van der Waals surface area contributed by atoms with Gasteiger partial charge in [0.15, 0.2) is 0 Å². The Morgan fingerprint density at radius 3 is 1.27 bits per heavy atom. The normalized spacial score (nSPS) is 10.1. The maximum Gasteiger partial charge on any atom is 0.345 e. The van der Waals surface area contributed by atoms with Gasteiger partial charge in [-0.2, -0.15) is 10.5 Å². The van der Waals surface area contributed by atoms with Gasteiger partial charge < -0.3 is 14.4 Å². The molecule has 196 valence electrons. The van der Waals surface area contributed by atoms with Gasteiger partial charge in [-0.1, -0.05) is 42.5 Å². The van der Waals surface area contributed by atoms with Gasteiger partial charge in [0.05, 0.1) is 40.1 Å². The maximum atomic E-state index is 13.7. The highest BCUT2D eigenvalue weighted by molar-refractivity contribution is 6.08. The second-order valence-electron chi connectivity index (χ2n) is 8.76. The summed E-state index contributed by atoms with van der Waals surface area (Å²) >= 11 is 0. The minimum atomic E-state index is -0.699. The van der Waals surface area contributed by atoms with Crippen LogP contribution in [0.1, 0.15) is 31.8 Å². The zero-order chi connectivity index (χ0) is 28.6. The number of esters is 2. The lowest BCUT2D eigenvalue weighted by molar-refractivity contribution is 0.0734. The van der Waals surface area contributed by atoms with E-state index in [-0.39, 0.29) is 28.3 Å². The van der Waals surface area contributed by atoms with E-state index in [2.05, 4.69) is 0 Å². The first-order chi connectivity index (χ1) is 20.1. The van der Waals surface area contributed by atoms with Crippen molar-refractivity contribution < 1.29 is 19.1 Å². The van der Waals surface area contributed by atoms with E-state index < -0.39 is 11.9 Å². The summed E-state index contributed by atoms with van der Waals surface area (Å²) in [6.07, 6.45) is 0. The zero-order valence-electron chi connectivity index (χ0n) is 21.6. The molecular weight excluding hydrogens is 514 g/mol. The van der Waals surface area contributed by atoms with Crippen molar-refractivity contribution in [2.75, 3.05) is 4.90 Å². The number of hydrogen-bond donors (Lipinski definition) is 0. The van der Waals surface area contributed by atoms with Gasteiger partial charge in [-0.25, -0.2) is 9.59 Å². The molecule has 0 unspecified atom stereocenters. The molecule has 41 heavy (non-hydrogen) atoms. The molecule has 0 amide bonds. The Balaban J connectivity index is 1.64. The van der Waals surface area contributed by atoms with Crippen LogP contribution in [0, 0.1) is 22.7 Å². The van der Waals surface area contributed by atoms with Gasteiger partial charge in [0.2, 0.25) is 0 Å². The highest BCUT2D eigenvalue weighted by atomic mass is 16.5. The van der Waals surface area contributed by atoms with Crippen molar-refractivity contribution in [2.45, 2.75) is 0 Å². The van der Waals surface area contributed by atoms with Gasteiger partial charge in [0.1, 0.15) is 11.5 Å². The van der Waals surface area contributed by atoms with Gasteiger partial charge in [0.25, 0.3) is 0 Å². The summed E-state index contributed by atoms with van der Waals surface area (Å²) < 4.78 is 11.4. The smallest absolute Gasteiger partial charge is 0.345 e. The molecule has 0 aliphatic rings. The molecule has 5 rings (SSSR count). The lowest BCUT2D eigenvalue weighted by atomic mass is 10.0.